The van der Waals surface area contributed by atoms with Crippen LogP contribution < -0.4 is 0 Å². The molecule has 0 radical (unpaired) electrons. The van der Waals surface area contributed by atoms with Crippen molar-refractivity contribution in [1.82, 2.24) is 9.97 Å². The van der Waals surface area contributed by atoms with Crippen LogP contribution in [0.2, 0.25) is 0 Å². The minimum Gasteiger partial charge on any atom is -0.465 e. The fraction of sp³-hybridized carbons (Fsp3) is 0.500. The summed E-state index contributed by atoms with van der Waals surface area (Å²) in [6.45, 7) is 7.05. The van der Waals surface area contributed by atoms with Crippen LogP contribution in [0.5, 0.6) is 0 Å². The van der Waals surface area contributed by atoms with Crippen LogP contribution >= 0.6 is 47.0 Å². The van der Waals surface area contributed by atoms with E-state index < -0.39 is 0 Å². The Balaban J connectivity index is 1.87. The van der Waals surface area contributed by atoms with E-state index in [-0.39, 0.29) is 23.9 Å². The maximum absolute atomic E-state index is 11.1. The smallest absolute Gasteiger partial charge is 0.302 e. The monoisotopic (exact) mass is 708 g/mol. The topological polar surface area (TPSA) is 131 Å². The number of nitrogens with zero attached hydrogens (tertiary/aromatic N) is 2. The van der Waals surface area contributed by atoms with Gasteiger partial charge in [-0.3, -0.25) is 19.2 Å². The molecule has 1 aromatic heterocycles. The van der Waals surface area contributed by atoms with E-state index in [4.69, 9.17) is 28.9 Å². The van der Waals surface area contributed by atoms with Crippen LogP contribution in [0, 0.1) is 0 Å². The van der Waals surface area contributed by atoms with E-state index in [0.717, 1.165) is 67.3 Å². The van der Waals surface area contributed by atoms with E-state index in [2.05, 4.69) is 24.3 Å². The van der Waals surface area contributed by atoms with Gasteiger partial charge in [-0.15, -0.1) is 0 Å². The Hall–Kier alpha value is -2.68. The number of rotatable bonds is 20. The molecule has 0 aliphatic carbocycles. The minimum atomic E-state index is -0.288. The van der Waals surface area contributed by atoms with Gasteiger partial charge < -0.3 is 18.9 Å². The van der Waals surface area contributed by atoms with E-state index in [1.807, 2.05) is 0 Å². The Bertz CT molecular complexity index is 1290. The first kappa shape index (κ1) is 37.8. The third kappa shape index (κ3) is 14.0. The second-order valence-electron chi connectivity index (χ2n) is 10.0. The highest BCUT2D eigenvalue weighted by Gasteiger charge is 2.13. The van der Waals surface area contributed by atoms with Crippen LogP contribution in [0.4, 0.5) is 0 Å². The molecule has 3 rings (SSSR count). The Morgan fingerprint density at radius 2 is 0.674 bits per heavy atom. The van der Waals surface area contributed by atoms with Crippen molar-refractivity contribution in [3.05, 3.63) is 46.5 Å². The zero-order valence-electron chi connectivity index (χ0n) is 26.6. The average Bonchev–Trinajstić information content (AvgIpc) is 2.99. The van der Waals surface area contributed by atoms with Crippen LogP contribution in [0.15, 0.2) is 24.3 Å². The highest BCUT2D eigenvalue weighted by atomic mass is 32.2. The number of hydrogen-bond acceptors (Lipinski definition) is 14. The molecule has 0 aliphatic rings. The fourth-order valence-corrected chi connectivity index (χ4v) is 7.52. The summed E-state index contributed by atoms with van der Waals surface area (Å²) in [5.41, 5.74) is 7.74. The van der Waals surface area contributed by atoms with Crippen molar-refractivity contribution in [3.8, 4) is 0 Å². The first-order valence-corrected chi connectivity index (χ1v) is 19.3. The number of ether oxygens (including phenoxy) is 4. The van der Waals surface area contributed by atoms with E-state index in [1.165, 1.54) is 27.7 Å². The fourth-order valence-electron chi connectivity index (χ4n) is 4.19. The lowest BCUT2D eigenvalue weighted by Gasteiger charge is -2.14. The van der Waals surface area contributed by atoms with Crippen molar-refractivity contribution in [2.24, 2.45) is 0 Å². The number of benzene rings is 2. The molecule has 0 saturated carbocycles. The number of fused-ring (bicyclic) bond motifs is 2. The van der Waals surface area contributed by atoms with Gasteiger partial charge in [-0.1, -0.05) is 0 Å². The summed E-state index contributed by atoms with van der Waals surface area (Å²) in [5.74, 6) is 4.48. The van der Waals surface area contributed by atoms with Crippen molar-refractivity contribution in [2.45, 2.75) is 50.7 Å². The molecule has 2 aromatic carbocycles. The molecule has 250 valence electrons. The second-order valence-corrected chi connectivity index (χ2v) is 14.4. The molecule has 0 unspecified atom stereocenters. The molecule has 0 amide bonds. The molecule has 0 spiro atoms. The van der Waals surface area contributed by atoms with Crippen LogP contribution in [-0.4, -0.2) is 83.3 Å². The third-order valence-electron chi connectivity index (χ3n) is 6.24. The van der Waals surface area contributed by atoms with Gasteiger partial charge in [-0.25, -0.2) is 9.97 Å². The molecule has 0 fully saturated rings. The average molecular weight is 709 g/mol. The standard InChI is InChI=1S/C32H40N2O8S4/c1-21(35)39-5-9-43-17-25-13-29-30(14-26(25)18-44-10-6-40-22(2)36)34-32-16-28(20-46-12-8-42-24(4)38)27(15-31(32)33-29)19-45-11-7-41-23(3)37/h13-16H,5-12,17-20H2,1-4H3. The summed E-state index contributed by atoms with van der Waals surface area (Å²) in [4.78, 5) is 54.6. The SMILES string of the molecule is CC(=O)OCCSCc1cc2nc3cc(CSCCOC(C)=O)c(CSCCOC(C)=O)cc3nc2cc1CSCCOC(C)=O. The van der Waals surface area contributed by atoms with Gasteiger partial charge in [0.05, 0.1) is 22.1 Å². The van der Waals surface area contributed by atoms with Gasteiger partial charge >= 0.3 is 23.9 Å². The molecule has 0 bridgehead atoms. The predicted octanol–water partition coefficient (Wildman–Crippen LogP) is 5.97. The third-order valence-corrected chi connectivity index (χ3v) is 10.1. The Morgan fingerprint density at radius 1 is 0.457 bits per heavy atom. The normalized spacial score (nSPS) is 11.0. The second kappa shape index (κ2) is 20.5. The first-order valence-electron chi connectivity index (χ1n) is 14.7. The molecule has 1 heterocycles. The number of carbonyl (C=O) groups excluding carboxylic acids is 4. The van der Waals surface area contributed by atoms with Gasteiger partial charge in [-0.2, -0.15) is 47.0 Å². The largest absolute Gasteiger partial charge is 0.465 e. The number of thioether (sulfide) groups is 4. The summed E-state index contributed by atoms with van der Waals surface area (Å²) in [5, 5.41) is 0. The lowest BCUT2D eigenvalue weighted by Crippen LogP contribution is -2.04. The van der Waals surface area contributed by atoms with Crippen molar-refractivity contribution in [2.75, 3.05) is 49.4 Å². The van der Waals surface area contributed by atoms with Crippen LogP contribution in [-0.2, 0) is 61.1 Å². The number of aromatic nitrogens is 2. The predicted molar refractivity (Wildman–Crippen MR) is 188 cm³/mol. The van der Waals surface area contributed by atoms with Gasteiger partial charge in [-0.05, 0) is 46.5 Å². The number of carbonyl (C=O) groups is 4. The molecule has 10 nitrogen and oxygen atoms in total. The summed E-state index contributed by atoms with van der Waals surface area (Å²) in [7, 11) is 0. The Labute approximate surface area is 286 Å². The molecule has 14 heteroatoms. The van der Waals surface area contributed by atoms with E-state index in [0.29, 0.717) is 49.4 Å². The molecule has 46 heavy (non-hydrogen) atoms. The molecular weight excluding hydrogens is 669 g/mol. The molecular formula is C32H40N2O8S4. The van der Waals surface area contributed by atoms with Crippen molar-refractivity contribution in [3.63, 3.8) is 0 Å². The lowest BCUT2D eigenvalue weighted by molar-refractivity contribution is -0.141. The van der Waals surface area contributed by atoms with Crippen LogP contribution in [0.1, 0.15) is 49.9 Å². The molecule has 0 N–H and O–H groups in total. The van der Waals surface area contributed by atoms with Gasteiger partial charge in [0.1, 0.15) is 26.4 Å². The van der Waals surface area contributed by atoms with Crippen molar-refractivity contribution >= 4 is 93.0 Å². The molecule has 0 atom stereocenters. The molecule has 0 aliphatic heterocycles. The summed E-state index contributed by atoms with van der Waals surface area (Å²) < 4.78 is 20.3. The summed E-state index contributed by atoms with van der Waals surface area (Å²) in [6.07, 6.45) is 0. The quantitative estimate of drug-likeness (QED) is 0.0591. The van der Waals surface area contributed by atoms with Crippen LogP contribution in [0.3, 0.4) is 0 Å². The lowest BCUT2D eigenvalue weighted by atomic mass is 10.1. The maximum atomic E-state index is 11.1. The highest BCUT2D eigenvalue weighted by Crippen LogP contribution is 2.30. The zero-order chi connectivity index (χ0) is 33.3. The Kier molecular flexibility index (Phi) is 16.9. The van der Waals surface area contributed by atoms with Crippen LogP contribution in [0.25, 0.3) is 22.1 Å². The number of esters is 4. The molecule has 3 aromatic rings. The van der Waals surface area contributed by atoms with Gasteiger partial charge in [0, 0.05) is 73.7 Å². The van der Waals surface area contributed by atoms with E-state index in [1.54, 1.807) is 47.0 Å². The zero-order valence-corrected chi connectivity index (χ0v) is 29.9. The first-order chi connectivity index (χ1) is 22.1. The van der Waals surface area contributed by atoms with Gasteiger partial charge in [0.2, 0.25) is 0 Å². The summed E-state index contributed by atoms with van der Waals surface area (Å²) in [6, 6.07) is 8.37. The van der Waals surface area contributed by atoms with Crippen molar-refractivity contribution < 1.29 is 38.1 Å². The van der Waals surface area contributed by atoms with E-state index in [9.17, 15) is 19.2 Å². The summed E-state index contributed by atoms with van der Waals surface area (Å²) >= 11 is 6.74. The maximum Gasteiger partial charge on any atom is 0.302 e. The van der Waals surface area contributed by atoms with Gasteiger partial charge in [0.25, 0.3) is 0 Å². The minimum absolute atomic E-state index is 0.288. The molecule has 0 saturated heterocycles. The number of hydrogen-bond donors (Lipinski definition) is 0. The van der Waals surface area contributed by atoms with E-state index >= 15 is 0 Å². The van der Waals surface area contributed by atoms with Crippen molar-refractivity contribution in [1.29, 1.82) is 0 Å². The Morgan fingerprint density at radius 3 is 0.870 bits per heavy atom. The van der Waals surface area contributed by atoms with Gasteiger partial charge in [0.15, 0.2) is 0 Å². The highest BCUT2D eigenvalue weighted by molar-refractivity contribution is 7.99.